The highest BCUT2D eigenvalue weighted by molar-refractivity contribution is 7.84. The van der Waals surface area contributed by atoms with Crippen LogP contribution in [0.25, 0.3) is 0 Å². The van der Waals surface area contributed by atoms with Crippen molar-refractivity contribution >= 4 is 12.6 Å². The molecule has 0 radical (unpaired) electrons. The van der Waals surface area contributed by atoms with Crippen LogP contribution in [0.5, 0.6) is 0 Å². The Bertz CT molecular complexity index is 182. The molecule has 0 aromatic carbocycles. The first-order valence-corrected chi connectivity index (χ1v) is 4.53. The van der Waals surface area contributed by atoms with Crippen molar-refractivity contribution < 1.29 is 0 Å². The first-order chi connectivity index (χ1) is 5.33. The zero-order valence-corrected chi connectivity index (χ0v) is 7.61. The van der Waals surface area contributed by atoms with Gasteiger partial charge in [-0.1, -0.05) is 17.7 Å². The van der Waals surface area contributed by atoms with Gasteiger partial charge in [0.25, 0.3) is 0 Å². The Hall–Kier alpha value is -0.210. The molecule has 0 aromatic heterocycles. The van der Waals surface area contributed by atoms with Crippen molar-refractivity contribution in [2.24, 2.45) is 5.73 Å². The predicted octanol–water partition coefficient (Wildman–Crippen LogP) is 2.26. The summed E-state index contributed by atoms with van der Waals surface area (Å²) >= 11 is 4.33. The lowest BCUT2D eigenvalue weighted by Crippen LogP contribution is -2.03. The second-order valence-electron chi connectivity index (χ2n) is 2.86. The van der Waals surface area contributed by atoms with Crippen LogP contribution >= 0.6 is 12.6 Å². The summed E-state index contributed by atoms with van der Waals surface area (Å²) in [6.45, 7) is 0.709. The summed E-state index contributed by atoms with van der Waals surface area (Å²) in [5.74, 6) is 0. The van der Waals surface area contributed by atoms with Crippen molar-refractivity contribution in [1.29, 1.82) is 0 Å². The Morgan fingerprint density at radius 2 is 2.27 bits per heavy atom. The molecule has 0 bridgehead atoms. The monoisotopic (exact) mass is 169 g/mol. The Kier molecular flexibility index (Phi) is 3.73. The van der Waals surface area contributed by atoms with Crippen molar-refractivity contribution in [3.8, 4) is 0 Å². The van der Waals surface area contributed by atoms with Gasteiger partial charge in [-0.3, -0.25) is 0 Å². The molecular formula is C9H15NS. The van der Waals surface area contributed by atoms with Gasteiger partial charge in [0, 0.05) is 6.54 Å². The van der Waals surface area contributed by atoms with Crippen LogP contribution in [0.2, 0.25) is 0 Å². The Balaban J connectivity index is 2.55. The topological polar surface area (TPSA) is 26.0 Å². The number of hydrogen-bond acceptors (Lipinski definition) is 2. The molecule has 11 heavy (non-hydrogen) atoms. The quantitative estimate of drug-likeness (QED) is 0.457. The van der Waals surface area contributed by atoms with E-state index in [1.165, 1.54) is 16.9 Å². The lowest BCUT2D eigenvalue weighted by molar-refractivity contribution is 0.800. The van der Waals surface area contributed by atoms with Gasteiger partial charge in [0.15, 0.2) is 0 Å². The predicted molar refractivity (Wildman–Crippen MR) is 52.7 cm³/mol. The maximum absolute atomic E-state index is 5.56. The fourth-order valence-corrected chi connectivity index (χ4v) is 1.44. The average molecular weight is 169 g/mol. The van der Waals surface area contributed by atoms with Crippen molar-refractivity contribution in [2.45, 2.75) is 25.7 Å². The molecule has 1 aliphatic carbocycles. The van der Waals surface area contributed by atoms with Gasteiger partial charge in [-0.05, 0) is 30.6 Å². The summed E-state index contributed by atoms with van der Waals surface area (Å²) in [5.41, 5.74) is 6.94. The minimum atomic E-state index is 0.709. The van der Waals surface area contributed by atoms with E-state index in [9.17, 15) is 0 Å². The third-order valence-electron chi connectivity index (χ3n) is 1.94. The second kappa shape index (κ2) is 4.62. The lowest BCUT2D eigenvalue weighted by atomic mass is 10.0. The fraction of sp³-hybridized carbons (Fsp3) is 0.556. The van der Waals surface area contributed by atoms with Crippen LogP contribution in [-0.2, 0) is 0 Å². The molecule has 62 valence electrons. The van der Waals surface area contributed by atoms with E-state index in [4.69, 9.17) is 5.73 Å². The van der Waals surface area contributed by atoms with Crippen LogP contribution in [0.4, 0.5) is 0 Å². The SMILES string of the molecule is NC/C1=C\C/C(S)=C/CCC1. The zero-order chi connectivity index (χ0) is 8.10. The molecule has 0 spiro atoms. The molecular weight excluding hydrogens is 154 g/mol. The highest BCUT2D eigenvalue weighted by Crippen LogP contribution is 2.17. The molecule has 2 heteroatoms. The van der Waals surface area contributed by atoms with E-state index in [1.807, 2.05) is 0 Å². The van der Waals surface area contributed by atoms with Gasteiger partial charge in [-0.2, -0.15) is 0 Å². The van der Waals surface area contributed by atoms with Crippen LogP contribution < -0.4 is 5.73 Å². The van der Waals surface area contributed by atoms with Crippen molar-refractivity contribution in [2.75, 3.05) is 6.54 Å². The normalized spacial score (nSPS) is 29.3. The standard InChI is InChI=1S/C9H15NS/c10-7-8-3-1-2-4-9(11)6-5-8/h4-5,11H,1-3,6-7,10H2/b8-5-,9-4-. The molecule has 0 amide bonds. The fourth-order valence-electron chi connectivity index (χ4n) is 1.22. The minimum absolute atomic E-state index is 0.709. The largest absolute Gasteiger partial charge is 0.327 e. The number of nitrogens with two attached hydrogens (primary N) is 1. The molecule has 1 rings (SSSR count). The Morgan fingerprint density at radius 3 is 3.00 bits per heavy atom. The van der Waals surface area contributed by atoms with Crippen LogP contribution in [0.3, 0.4) is 0 Å². The molecule has 0 aliphatic heterocycles. The smallest absolute Gasteiger partial charge is 0.0136 e. The van der Waals surface area contributed by atoms with Gasteiger partial charge >= 0.3 is 0 Å². The van der Waals surface area contributed by atoms with Gasteiger partial charge < -0.3 is 5.73 Å². The molecule has 0 saturated heterocycles. The van der Waals surface area contributed by atoms with E-state index in [0.717, 1.165) is 19.3 Å². The van der Waals surface area contributed by atoms with Crippen LogP contribution in [0.15, 0.2) is 22.6 Å². The summed E-state index contributed by atoms with van der Waals surface area (Å²) in [6.07, 6.45) is 8.90. The first kappa shape index (κ1) is 8.88. The molecule has 2 N–H and O–H groups in total. The number of allylic oxidation sites excluding steroid dienone is 3. The van der Waals surface area contributed by atoms with Gasteiger partial charge in [0.1, 0.15) is 0 Å². The van der Waals surface area contributed by atoms with Crippen molar-refractivity contribution in [3.05, 3.63) is 22.6 Å². The van der Waals surface area contributed by atoms with Gasteiger partial charge in [0.2, 0.25) is 0 Å². The summed E-state index contributed by atoms with van der Waals surface area (Å²) in [7, 11) is 0. The van der Waals surface area contributed by atoms with Crippen LogP contribution in [0.1, 0.15) is 25.7 Å². The zero-order valence-electron chi connectivity index (χ0n) is 6.71. The average Bonchev–Trinajstić information content (AvgIpc) is 1.98. The number of rotatable bonds is 1. The summed E-state index contributed by atoms with van der Waals surface area (Å²) in [6, 6.07) is 0. The Labute approximate surface area is 73.8 Å². The van der Waals surface area contributed by atoms with Gasteiger partial charge in [-0.25, -0.2) is 0 Å². The van der Waals surface area contributed by atoms with E-state index >= 15 is 0 Å². The molecule has 0 saturated carbocycles. The maximum atomic E-state index is 5.56. The van der Waals surface area contributed by atoms with E-state index in [1.54, 1.807) is 0 Å². The maximum Gasteiger partial charge on any atom is 0.0136 e. The number of hydrogen-bond donors (Lipinski definition) is 2. The third-order valence-corrected chi connectivity index (χ3v) is 2.31. The third kappa shape index (κ3) is 3.12. The van der Waals surface area contributed by atoms with Crippen molar-refractivity contribution in [3.63, 3.8) is 0 Å². The Morgan fingerprint density at radius 1 is 1.45 bits per heavy atom. The van der Waals surface area contributed by atoms with E-state index < -0.39 is 0 Å². The first-order valence-electron chi connectivity index (χ1n) is 4.09. The molecule has 0 fully saturated rings. The molecule has 1 nitrogen and oxygen atoms in total. The van der Waals surface area contributed by atoms with Crippen LogP contribution in [-0.4, -0.2) is 6.54 Å². The second-order valence-corrected chi connectivity index (χ2v) is 3.43. The molecule has 0 heterocycles. The highest BCUT2D eigenvalue weighted by atomic mass is 32.1. The molecule has 1 aliphatic rings. The molecule has 0 aromatic rings. The van der Waals surface area contributed by atoms with Crippen LogP contribution in [0, 0.1) is 0 Å². The summed E-state index contributed by atoms with van der Waals surface area (Å²) in [5, 5.41) is 0. The summed E-state index contributed by atoms with van der Waals surface area (Å²) < 4.78 is 0. The molecule has 0 unspecified atom stereocenters. The summed E-state index contributed by atoms with van der Waals surface area (Å²) in [4.78, 5) is 1.18. The number of thiol groups is 1. The van der Waals surface area contributed by atoms with E-state index in [-0.39, 0.29) is 0 Å². The highest BCUT2D eigenvalue weighted by Gasteiger charge is 1.98. The lowest BCUT2D eigenvalue weighted by Gasteiger charge is -2.07. The van der Waals surface area contributed by atoms with Crippen molar-refractivity contribution in [1.82, 2.24) is 0 Å². The van der Waals surface area contributed by atoms with E-state index in [2.05, 4.69) is 24.8 Å². The van der Waals surface area contributed by atoms with E-state index in [0.29, 0.717) is 6.54 Å². The van der Waals surface area contributed by atoms with Gasteiger partial charge in [-0.15, -0.1) is 12.6 Å². The van der Waals surface area contributed by atoms with Gasteiger partial charge in [0.05, 0.1) is 0 Å². The molecule has 0 atom stereocenters. The minimum Gasteiger partial charge on any atom is -0.327 e.